The van der Waals surface area contributed by atoms with Crippen LogP contribution in [0.2, 0.25) is 0 Å². The molecule has 0 radical (unpaired) electrons. The molecule has 178 valence electrons. The lowest BCUT2D eigenvalue weighted by atomic mass is 10.0. The highest BCUT2D eigenvalue weighted by atomic mass is 19.1. The summed E-state index contributed by atoms with van der Waals surface area (Å²) in [4.78, 5) is 58.2. The lowest BCUT2D eigenvalue weighted by Gasteiger charge is -2.35. The number of amidine groups is 1. The van der Waals surface area contributed by atoms with Crippen LogP contribution in [-0.4, -0.2) is 75.0 Å². The van der Waals surface area contributed by atoms with Crippen molar-refractivity contribution in [1.82, 2.24) is 25.3 Å². The van der Waals surface area contributed by atoms with Gasteiger partial charge in [-0.15, -0.1) is 10.2 Å². The van der Waals surface area contributed by atoms with Gasteiger partial charge in [-0.05, 0) is 37.0 Å². The van der Waals surface area contributed by atoms with E-state index in [9.17, 15) is 23.6 Å². The van der Waals surface area contributed by atoms with Crippen LogP contribution in [0.4, 0.5) is 4.39 Å². The monoisotopic (exact) mass is 470 g/mol. The van der Waals surface area contributed by atoms with E-state index in [2.05, 4.69) is 20.5 Å². The Labute approximate surface area is 194 Å². The van der Waals surface area contributed by atoms with Crippen molar-refractivity contribution in [3.05, 3.63) is 47.4 Å². The minimum atomic E-state index is -1.58. The smallest absolute Gasteiger partial charge is 0.311 e. The van der Waals surface area contributed by atoms with Crippen LogP contribution < -0.4 is 5.32 Å². The van der Waals surface area contributed by atoms with Crippen molar-refractivity contribution in [3.63, 3.8) is 0 Å². The predicted octanol–water partition coefficient (Wildman–Crippen LogP) is 0.636. The Morgan fingerprint density at radius 2 is 1.94 bits per heavy atom. The summed E-state index contributed by atoms with van der Waals surface area (Å²) in [7, 11) is 1.52. The van der Waals surface area contributed by atoms with E-state index in [1.54, 1.807) is 6.92 Å². The topological polar surface area (TPSA) is 138 Å². The number of amides is 3. The molecule has 0 saturated carbocycles. The molecule has 1 aromatic carbocycles. The number of carbonyl (C=O) groups is 4. The van der Waals surface area contributed by atoms with Gasteiger partial charge in [-0.2, -0.15) is 0 Å². The van der Waals surface area contributed by atoms with Crippen molar-refractivity contribution in [1.29, 1.82) is 0 Å². The number of ketones is 1. The minimum absolute atomic E-state index is 0.0317. The fourth-order valence-corrected chi connectivity index (χ4v) is 3.94. The van der Waals surface area contributed by atoms with Crippen molar-refractivity contribution in [2.45, 2.75) is 44.8 Å². The molecule has 11 nitrogen and oxygen atoms in total. The van der Waals surface area contributed by atoms with Gasteiger partial charge in [-0.25, -0.2) is 9.38 Å². The van der Waals surface area contributed by atoms with Gasteiger partial charge in [0.05, 0.1) is 6.04 Å². The number of rotatable bonds is 5. The number of halogens is 1. The van der Waals surface area contributed by atoms with E-state index in [-0.39, 0.29) is 30.7 Å². The van der Waals surface area contributed by atoms with Crippen LogP contribution in [0.5, 0.6) is 0 Å². The zero-order chi connectivity index (χ0) is 24.4. The number of nitrogens with zero attached hydrogens (tertiary/aromatic N) is 5. The molecule has 34 heavy (non-hydrogen) atoms. The molecule has 0 aliphatic carbocycles. The molecule has 0 spiro atoms. The van der Waals surface area contributed by atoms with Crippen molar-refractivity contribution in [2.75, 3.05) is 13.6 Å². The summed E-state index contributed by atoms with van der Waals surface area (Å²) in [5, 5.41) is 9.99. The zero-order valence-corrected chi connectivity index (χ0v) is 18.7. The maximum Gasteiger partial charge on any atom is 0.311 e. The van der Waals surface area contributed by atoms with Gasteiger partial charge in [0.25, 0.3) is 17.6 Å². The molecule has 2 aromatic rings. The third-order valence-electron chi connectivity index (χ3n) is 5.77. The number of carbonyl (C=O) groups excluding carboxylic acids is 4. The van der Waals surface area contributed by atoms with Crippen molar-refractivity contribution >= 4 is 29.3 Å². The highest BCUT2D eigenvalue weighted by Crippen LogP contribution is 2.23. The Hall–Kier alpha value is -3.96. The van der Waals surface area contributed by atoms with Crippen LogP contribution in [0, 0.1) is 12.7 Å². The van der Waals surface area contributed by atoms with Gasteiger partial charge in [0, 0.05) is 27.1 Å². The molecule has 2 aliphatic heterocycles. The van der Waals surface area contributed by atoms with E-state index in [0.29, 0.717) is 24.8 Å². The first-order valence-corrected chi connectivity index (χ1v) is 10.8. The highest BCUT2D eigenvalue weighted by molar-refractivity contribution is 6.46. The standard InChI is InChI=1S/C22H23FN6O5/c1-12-26-27-20(34-12)22(33)28(2)15-5-3-4-10-29-18(15)25-16(17(30)21(29)32)19(31)24-11-13-6-8-14(23)9-7-13/h6-9,15-16H,3-5,10-11H2,1-2H3,(H,24,31). The molecule has 2 atom stereocenters. The number of benzene rings is 1. The number of fused-ring (bicyclic) bond motifs is 1. The van der Waals surface area contributed by atoms with Gasteiger partial charge in [0.2, 0.25) is 5.89 Å². The van der Waals surface area contributed by atoms with Crippen LogP contribution in [0.25, 0.3) is 0 Å². The van der Waals surface area contributed by atoms with E-state index in [0.717, 1.165) is 0 Å². The maximum absolute atomic E-state index is 13.1. The molecule has 3 heterocycles. The summed E-state index contributed by atoms with van der Waals surface area (Å²) in [6.07, 6.45) is 1.75. The fraction of sp³-hybridized carbons (Fsp3) is 0.409. The van der Waals surface area contributed by atoms with E-state index in [1.807, 2.05) is 0 Å². The molecule has 1 N–H and O–H groups in total. The Kier molecular flexibility index (Phi) is 6.48. The second kappa shape index (κ2) is 9.49. The van der Waals surface area contributed by atoms with E-state index >= 15 is 0 Å². The quantitative estimate of drug-likeness (QED) is 0.500. The van der Waals surface area contributed by atoms with Crippen molar-refractivity contribution in [2.24, 2.45) is 4.99 Å². The first-order chi connectivity index (χ1) is 16.3. The summed E-state index contributed by atoms with van der Waals surface area (Å²) >= 11 is 0. The molecule has 3 amide bonds. The summed E-state index contributed by atoms with van der Waals surface area (Å²) < 4.78 is 18.3. The molecule has 1 aromatic heterocycles. The molecule has 2 unspecified atom stereocenters. The van der Waals surface area contributed by atoms with Gasteiger partial charge in [0.15, 0.2) is 6.04 Å². The van der Waals surface area contributed by atoms with Gasteiger partial charge >= 0.3 is 11.8 Å². The average molecular weight is 470 g/mol. The second-order valence-electron chi connectivity index (χ2n) is 8.11. The molecular weight excluding hydrogens is 447 g/mol. The van der Waals surface area contributed by atoms with Crippen molar-refractivity contribution < 1.29 is 28.0 Å². The number of aryl methyl sites for hydroxylation is 1. The Morgan fingerprint density at radius 3 is 2.62 bits per heavy atom. The average Bonchev–Trinajstić information content (AvgIpc) is 3.15. The van der Waals surface area contributed by atoms with Gasteiger partial charge in [0.1, 0.15) is 11.7 Å². The maximum atomic E-state index is 13.1. The molecular formula is C22H23FN6O5. The Balaban J connectivity index is 1.59. The largest absolute Gasteiger partial charge is 0.417 e. The predicted molar refractivity (Wildman–Crippen MR) is 115 cm³/mol. The van der Waals surface area contributed by atoms with Crippen LogP contribution in [-0.2, 0) is 20.9 Å². The Morgan fingerprint density at radius 1 is 1.21 bits per heavy atom. The Bertz CT molecular complexity index is 1160. The number of nitrogens with one attached hydrogen (secondary N) is 1. The molecule has 2 aliphatic rings. The van der Waals surface area contributed by atoms with Gasteiger partial charge < -0.3 is 14.6 Å². The summed E-state index contributed by atoms with van der Waals surface area (Å²) in [5.74, 6) is -3.30. The number of hydrogen-bond donors (Lipinski definition) is 1. The van der Waals surface area contributed by atoms with Crippen LogP contribution >= 0.6 is 0 Å². The van der Waals surface area contributed by atoms with E-state index in [4.69, 9.17) is 4.42 Å². The number of Topliss-reactive ketones (excluding diaryl/α,β-unsaturated/α-hetero) is 1. The van der Waals surface area contributed by atoms with Gasteiger partial charge in [-0.3, -0.25) is 24.1 Å². The molecule has 0 bridgehead atoms. The van der Waals surface area contributed by atoms with Crippen LogP contribution in [0.1, 0.15) is 41.4 Å². The fourth-order valence-electron chi connectivity index (χ4n) is 3.94. The molecule has 1 fully saturated rings. The second-order valence-corrected chi connectivity index (χ2v) is 8.11. The minimum Gasteiger partial charge on any atom is -0.417 e. The lowest BCUT2D eigenvalue weighted by Crippen LogP contribution is -2.58. The van der Waals surface area contributed by atoms with Crippen molar-refractivity contribution in [3.8, 4) is 0 Å². The van der Waals surface area contributed by atoms with E-state index in [1.165, 1.54) is 41.1 Å². The lowest BCUT2D eigenvalue weighted by molar-refractivity contribution is -0.146. The number of likely N-dealkylation sites (N-methyl/N-ethyl adjacent to an activating group) is 1. The first-order valence-electron chi connectivity index (χ1n) is 10.8. The number of hydrogen-bond acceptors (Lipinski definition) is 8. The van der Waals surface area contributed by atoms with Crippen LogP contribution in [0.3, 0.4) is 0 Å². The van der Waals surface area contributed by atoms with E-state index < -0.39 is 41.4 Å². The number of aromatic nitrogens is 2. The normalized spacial score (nSPS) is 20.3. The summed E-state index contributed by atoms with van der Waals surface area (Å²) in [6.45, 7) is 1.84. The van der Waals surface area contributed by atoms with Gasteiger partial charge in [-0.1, -0.05) is 12.1 Å². The third kappa shape index (κ3) is 4.56. The summed E-state index contributed by atoms with van der Waals surface area (Å²) in [5.41, 5.74) is 0.617. The zero-order valence-electron chi connectivity index (χ0n) is 18.7. The first kappa shape index (κ1) is 23.2. The molecule has 12 heteroatoms. The molecule has 4 rings (SSSR count). The SMILES string of the molecule is Cc1nnc(C(=O)N(C)C2CCCCN3C(=O)C(=O)C(C(=O)NCc4ccc(F)cc4)N=C23)o1. The molecule has 1 saturated heterocycles. The highest BCUT2D eigenvalue weighted by Gasteiger charge is 2.45. The number of aliphatic imine (C=N–C) groups is 1. The summed E-state index contributed by atoms with van der Waals surface area (Å²) in [6, 6.07) is 3.25. The third-order valence-corrected chi connectivity index (χ3v) is 5.77. The van der Waals surface area contributed by atoms with Crippen LogP contribution in [0.15, 0.2) is 33.7 Å².